The summed E-state index contributed by atoms with van der Waals surface area (Å²) in [5.74, 6) is 1.08. The van der Waals surface area contributed by atoms with Gasteiger partial charge in [0, 0.05) is 13.5 Å². The van der Waals surface area contributed by atoms with Gasteiger partial charge in [0.2, 0.25) is 0 Å². The largest absolute Gasteiger partial charge is 0.468 e. The molecule has 0 radical (unpaired) electrons. The summed E-state index contributed by atoms with van der Waals surface area (Å²) in [5.41, 5.74) is 0. The highest BCUT2D eigenvalue weighted by Crippen LogP contribution is 2.43. The van der Waals surface area contributed by atoms with E-state index in [-0.39, 0.29) is 18.1 Å². The van der Waals surface area contributed by atoms with Gasteiger partial charge in [-0.05, 0) is 25.0 Å². The molecule has 1 aliphatic heterocycles. The predicted octanol–water partition coefficient (Wildman–Crippen LogP) is 1.94. The summed E-state index contributed by atoms with van der Waals surface area (Å²) in [6, 6.07) is 3.71. The molecule has 4 heteroatoms. The van der Waals surface area contributed by atoms with E-state index < -0.39 is 0 Å². The van der Waals surface area contributed by atoms with Gasteiger partial charge < -0.3 is 4.42 Å². The molecule has 1 saturated heterocycles. The molecule has 0 unspecified atom stereocenters. The first kappa shape index (κ1) is 10.1. The number of hydrogen-bond donors (Lipinski definition) is 0. The van der Waals surface area contributed by atoms with Gasteiger partial charge in [-0.1, -0.05) is 0 Å². The summed E-state index contributed by atoms with van der Waals surface area (Å²) >= 11 is 0. The maximum absolute atomic E-state index is 12.0. The van der Waals surface area contributed by atoms with Crippen molar-refractivity contribution in [2.24, 2.45) is 5.92 Å². The Kier molecular flexibility index (Phi) is 2.33. The number of rotatable bonds is 1. The number of ketones is 1. The van der Waals surface area contributed by atoms with Crippen LogP contribution >= 0.6 is 0 Å². The summed E-state index contributed by atoms with van der Waals surface area (Å²) < 4.78 is 5.41. The molecule has 2 heterocycles. The van der Waals surface area contributed by atoms with E-state index in [2.05, 4.69) is 0 Å². The first-order chi connectivity index (χ1) is 7.77. The van der Waals surface area contributed by atoms with Gasteiger partial charge in [-0.2, -0.15) is 5.06 Å². The van der Waals surface area contributed by atoms with Crippen molar-refractivity contribution in [3.8, 4) is 0 Å². The molecule has 0 N–H and O–H groups in total. The van der Waals surface area contributed by atoms with Crippen LogP contribution in [0.1, 0.15) is 31.1 Å². The monoisotopic (exact) mass is 221 g/mol. The molecule has 86 valence electrons. The van der Waals surface area contributed by atoms with Crippen LogP contribution in [0.3, 0.4) is 0 Å². The van der Waals surface area contributed by atoms with Crippen LogP contribution in [0.25, 0.3) is 0 Å². The average Bonchev–Trinajstić information content (AvgIpc) is 2.84. The lowest BCUT2D eigenvalue weighted by Gasteiger charge is -2.23. The molecule has 1 saturated carbocycles. The lowest BCUT2D eigenvalue weighted by molar-refractivity contribution is -0.151. The summed E-state index contributed by atoms with van der Waals surface area (Å²) in [5, 5.41) is 1.78. The number of Topliss-reactive ketones (excluding diaryl/α,β-unsaturated/α-hetero) is 1. The third-order valence-corrected chi connectivity index (χ3v) is 3.55. The van der Waals surface area contributed by atoms with Crippen molar-refractivity contribution >= 4 is 5.78 Å². The molecule has 0 aromatic carbocycles. The van der Waals surface area contributed by atoms with E-state index in [4.69, 9.17) is 9.25 Å². The quantitative estimate of drug-likeness (QED) is 0.726. The second kappa shape index (κ2) is 3.71. The second-order valence-corrected chi connectivity index (χ2v) is 4.53. The molecular weight excluding hydrogens is 206 g/mol. The summed E-state index contributed by atoms with van der Waals surface area (Å²) in [6.07, 6.45) is 4.28. The fraction of sp³-hybridized carbons (Fsp3) is 0.583. The Hall–Kier alpha value is -1.13. The zero-order valence-corrected chi connectivity index (χ0v) is 9.26. The van der Waals surface area contributed by atoms with Crippen molar-refractivity contribution in [2.75, 3.05) is 7.05 Å². The molecule has 1 aromatic heterocycles. The van der Waals surface area contributed by atoms with Gasteiger partial charge >= 0.3 is 0 Å². The van der Waals surface area contributed by atoms with Gasteiger partial charge in [0.05, 0.1) is 18.3 Å². The van der Waals surface area contributed by atoms with Crippen LogP contribution < -0.4 is 0 Å². The molecule has 2 aliphatic rings. The Morgan fingerprint density at radius 3 is 3.12 bits per heavy atom. The number of carbonyl (C=O) groups is 1. The maximum atomic E-state index is 12.0. The maximum Gasteiger partial charge on any atom is 0.140 e. The molecule has 1 aliphatic carbocycles. The van der Waals surface area contributed by atoms with Crippen LogP contribution in [-0.4, -0.2) is 24.0 Å². The number of hydroxylamine groups is 2. The zero-order valence-electron chi connectivity index (χ0n) is 9.26. The van der Waals surface area contributed by atoms with Crippen LogP contribution in [0.2, 0.25) is 0 Å². The fourth-order valence-electron chi connectivity index (χ4n) is 2.85. The van der Waals surface area contributed by atoms with E-state index in [9.17, 15) is 4.79 Å². The topological polar surface area (TPSA) is 42.7 Å². The highest BCUT2D eigenvalue weighted by molar-refractivity contribution is 5.83. The van der Waals surface area contributed by atoms with Crippen molar-refractivity contribution < 1.29 is 14.0 Å². The molecular formula is C12H15NO3. The molecule has 16 heavy (non-hydrogen) atoms. The van der Waals surface area contributed by atoms with Gasteiger partial charge in [0.1, 0.15) is 17.6 Å². The van der Waals surface area contributed by atoms with Gasteiger partial charge in [0.15, 0.2) is 0 Å². The third-order valence-electron chi connectivity index (χ3n) is 3.55. The van der Waals surface area contributed by atoms with Crippen molar-refractivity contribution in [3.05, 3.63) is 24.2 Å². The third kappa shape index (κ3) is 1.41. The highest BCUT2D eigenvalue weighted by atomic mass is 16.7. The summed E-state index contributed by atoms with van der Waals surface area (Å²) in [7, 11) is 1.87. The molecule has 1 aromatic rings. The molecule has 0 spiro atoms. The number of hydrogen-bond acceptors (Lipinski definition) is 4. The number of carbonyl (C=O) groups excluding carboxylic acids is 1. The minimum Gasteiger partial charge on any atom is -0.468 e. The van der Waals surface area contributed by atoms with Crippen molar-refractivity contribution in [1.82, 2.24) is 5.06 Å². The Bertz CT molecular complexity index is 387. The Labute approximate surface area is 94.1 Å². The van der Waals surface area contributed by atoms with Crippen molar-refractivity contribution in [1.29, 1.82) is 0 Å². The first-order valence-electron chi connectivity index (χ1n) is 5.73. The fourth-order valence-corrected chi connectivity index (χ4v) is 2.85. The minimum atomic E-state index is -0.0510. The highest BCUT2D eigenvalue weighted by Gasteiger charge is 2.48. The Morgan fingerprint density at radius 2 is 2.38 bits per heavy atom. The Balaban J connectivity index is 1.94. The van der Waals surface area contributed by atoms with Crippen LogP contribution in [0, 0.1) is 5.92 Å². The average molecular weight is 221 g/mol. The molecule has 3 rings (SSSR count). The lowest BCUT2D eigenvalue weighted by Crippen LogP contribution is -2.32. The van der Waals surface area contributed by atoms with E-state index in [0.29, 0.717) is 12.2 Å². The number of fused-ring (bicyclic) bond motifs is 1. The predicted molar refractivity (Wildman–Crippen MR) is 56.4 cm³/mol. The van der Waals surface area contributed by atoms with Gasteiger partial charge in [0.25, 0.3) is 0 Å². The molecule has 4 nitrogen and oxygen atoms in total. The van der Waals surface area contributed by atoms with Gasteiger partial charge in [-0.25, -0.2) is 0 Å². The SMILES string of the molecule is CN1O[C@H]2CCCC(=O)[C@H]2[C@@H]1c1ccco1. The lowest BCUT2D eigenvalue weighted by atomic mass is 9.80. The van der Waals surface area contributed by atoms with E-state index in [1.807, 2.05) is 19.2 Å². The molecule has 3 atom stereocenters. The minimum absolute atomic E-state index is 0.0429. The van der Waals surface area contributed by atoms with Crippen LogP contribution in [0.15, 0.2) is 22.8 Å². The van der Waals surface area contributed by atoms with Crippen LogP contribution in [-0.2, 0) is 9.63 Å². The first-order valence-corrected chi connectivity index (χ1v) is 5.73. The molecule has 0 amide bonds. The number of nitrogens with zero attached hydrogens (tertiary/aromatic N) is 1. The zero-order chi connectivity index (χ0) is 11.1. The van der Waals surface area contributed by atoms with E-state index in [1.54, 1.807) is 11.3 Å². The van der Waals surface area contributed by atoms with E-state index >= 15 is 0 Å². The van der Waals surface area contributed by atoms with Gasteiger partial charge in [-0.3, -0.25) is 9.63 Å². The molecule has 0 bridgehead atoms. The van der Waals surface area contributed by atoms with Crippen LogP contribution in [0.5, 0.6) is 0 Å². The summed E-state index contributed by atoms with van der Waals surface area (Å²) in [4.78, 5) is 17.7. The van der Waals surface area contributed by atoms with Crippen molar-refractivity contribution in [3.63, 3.8) is 0 Å². The van der Waals surface area contributed by atoms with Crippen LogP contribution in [0.4, 0.5) is 0 Å². The smallest absolute Gasteiger partial charge is 0.140 e. The molecule has 2 fully saturated rings. The van der Waals surface area contributed by atoms with E-state index in [1.165, 1.54) is 0 Å². The second-order valence-electron chi connectivity index (χ2n) is 4.53. The normalized spacial score (nSPS) is 35.3. The summed E-state index contributed by atoms with van der Waals surface area (Å²) in [6.45, 7) is 0. The van der Waals surface area contributed by atoms with Gasteiger partial charge in [-0.15, -0.1) is 0 Å². The Morgan fingerprint density at radius 1 is 1.50 bits per heavy atom. The van der Waals surface area contributed by atoms with E-state index in [0.717, 1.165) is 18.6 Å². The van der Waals surface area contributed by atoms with Crippen molar-refractivity contribution in [2.45, 2.75) is 31.4 Å². The number of furan rings is 1. The standard InChI is InChI=1S/C12H15NO3/c1-13-12(10-6-3-7-15-10)11-8(14)4-2-5-9(11)16-13/h3,6-7,9,11-12H,2,4-5H2,1H3/t9-,11+,12-/m0/s1.